The molecule has 3 N–H and O–H groups in total. The van der Waals surface area contributed by atoms with Gasteiger partial charge in [-0.1, -0.05) is 36.2 Å². The van der Waals surface area contributed by atoms with Crippen molar-refractivity contribution in [2.75, 3.05) is 21.6 Å². The van der Waals surface area contributed by atoms with Gasteiger partial charge in [0.15, 0.2) is 0 Å². The number of carbonyl (C=O) groups excluding carboxylic acids is 2. The van der Waals surface area contributed by atoms with Gasteiger partial charge in [-0.25, -0.2) is 0 Å². The minimum Gasteiger partial charge on any atom is -0.330 e. The zero-order chi connectivity index (χ0) is 19.2. The van der Waals surface area contributed by atoms with Crippen LogP contribution in [0.3, 0.4) is 0 Å². The number of amides is 2. The van der Waals surface area contributed by atoms with Crippen LogP contribution in [0, 0.1) is 0 Å². The third-order valence-corrected chi connectivity index (χ3v) is 5.08. The summed E-state index contributed by atoms with van der Waals surface area (Å²) in [5, 5.41) is 7.66. The topological polar surface area (TPSA) is 70.2 Å². The van der Waals surface area contributed by atoms with E-state index in [1.54, 1.807) is 0 Å². The molecule has 2 aromatic carbocycles. The molecule has 0 bridgehead atoms. The molecule has 5 nitrogen and oxygen atoms in total. The Morgan fingerprint density at radius 1 is 0.963 bits per heavy atom. The van der Waals surface area contributed by atoms with Crippen LogP contribution in [0.5, 0.6) is 0 Å². The Morgan fingerprint density at radius 3 is 2.52 bits per heavy atom. The molecule has 7 heteroatoms. The van der Waals surface area contributed by atoms with E-state index in [0.717, 1.165) is 28.2 Å². The van der Waals surface area contributed by atoms with Gasteiger partial charge in [0.1, 0.15) is 0 Å². The maximum absolute atomic E-state index is 12.6. The number of thiophene rings is 1. The van der Waals surface area contributed by atoms with Crippen LogP contribution < -0.4 is 15.4 Å². The fraction of sp³-hybridized carbons (Fsp3) is 0.100. The number of anilines is 3. The zero-order valence-electron chi connectivity index (χ0n) is 14.9. The highest BCUT2D eigenvalue weighted by Crippen LogP contribution is 2.32. The standard InChI is InChI=1S/C20H19N3O2S2/c1-13(24)21-18-9-4-3-8-17(18)14-10-19(27-12-14)20(25)22-15-6-5-7-16(11-15)23-26-2/h3-12,23H,1-2H3,(H,21,24)(H,22,25). The van der Waals surface area contributed by atoms with E-state index in [1.807, 2.05) is 66.2 Å². The molecule has 0 atom stereocenters. The molecule has 0 aliphatic heterocycles. The fourth-order valence-corrected chi connectivity index (χ4v) is 3.77. The summed E-state index contributed by atoms with van der Waals surface area (Å²) < 4.78 is 3.14. The number of rotatable bonds is 6. The highest BCUT2D eigenvalue weighted by molar-refractivity contribution is 7.99. The zero-order valence-corrected chi connectivity index (χ0v) is 16.5. The second-order valence-corrected chi connectivity index (χ2v) is 7.29. The first-order chi connectivity index (χ1) is 13.1. The molecule has 1 aromatic heterocycles. The van der Waals surface area contributed by atoms with Crippen LogP contribution >= 0.6 is 23.3 Å². The lowest BCUT2D eigenvalue weighted by Crippen LogP contribution is -2.10. The Hall–Kier alpha value is -2.77. The summed E-state index contributed by atoms with van der Waals surface area (Å²) in [6, 6.07) is 16.9. The van der Waals surface area contributed by atoms with E-state index in [-0.39, 0.29) is 11.8 Å². The van der Waals surface area contributed by atoms with Crippen molar-refractivity contribution < 1.29 is 9.59 Å². The van der Waals surface area contributed by atoms with Gasteiger partial charge in [-0.2, -0.15) is 0 Å². The van der Waals surface area contributed by atoms with Crippen molar-refractivity contribution >= 4 is 52.2 Å². The molecule has 2 amide bonds. The Balaban J connectivity index is 1.79. The predicted molar refractivity (Wildman–Crippen MR) is 116 cm³/mol. The van der Waals surface area contributed by atoms with Gasteiger partial charge in [0.25, 0.3) is 5.91 Å². The molecule has 0 saturated heterocycles. The number of para-hydroxylation sites is 1. The van der Waals surface area contributed by atoms with Crippen LogP contribution in [0.2, 0.25) is 0 Å². The molecule has 0 saturated carbocycles. The van der Waals surface area contributed by atoms with Crippen LogP contribution in [0.1, 0.15) is 16.6 Å². The van der Waals surface area contributed by atoms with Gasteiger partial charge in [-0.15, -0.1) is 11.3 Å². The van der Waals surface area contributed by atoms with Gasteiger partial charge in [0.05, 0.1) is 4.88 Å². The molecule has 27 heavy (non-hydrogen) atoms. The van der Waals surface area contributed by atoms with E-state index >= 15 is 0 Å². The Morgan fingerprint density at radius 2 is 1.74 bits per heavy atom. The monoisotopic (exact) mass is 397 g/mol. The van der Waals surface area contributed by atoms with Gasteiger partial charge in [-0.05, 0) is 41.3 Å². The van der Waals surface area contributed by atoms with Crippen LogP contribution in [0.25, 0.3) is 11.1 Å². The number of benzene rings is 2. The molecular weight excluding hydrogens is 378 g/mol. The fourth-order valence-electron chi connectivity index (χ4n) is 2.60. The Bertz CT molecular complexity index is 969. The maximum Gasteiger partial charge on any atom is 0.265 e. The molecular formula is C20H19N3O2S2. The molecule has 3 rings (SSSR count). The third kappa shape index (κ3) is 4.90. The van der Waals surface area contributed by atoms with Crippen molar-refractivity contribution in [1.29, 1.82) is 0 Å². The number of nitrogens with one attached hydrogen (secondary N) is 3. The van der Waals surface area contributed by atoms with Crippen molar-refractivity contribution in [1.82, 2.24) is 0 Å². The number of hydrogen-bond acceptors (Lipinski definition) is 5. The summed E-state index contributed by atoms with van der Waals surface area (Å²) in [5.41, 5.74) is 4.16. The summed E-state index contributed by atoms with van der Waals surface area (Å²) in [6.45, 7) is 1.48. The lowest BCUT2D eigenvalue weighted by Gasteiger charge is -2.08. The summed E-state index contributed by atoms with van der Waals surface area (Å²) in [7, 11) is 0. The van der Waals surface area contributed by atoms with Crippen molar-refractivity contribution in [3.05, 3.63) is 64.9 Å². The molecule has 0 unspecified atom stereocenters. The number of carbonyl (C=O) groups is 2. The van der Waals surface area contributed by atoms with Gasteiger partial charge in [0.2, 0.25) is 5.91 Å². The lowest BCUT2D eigenvalue weighted by atomic mass is 10.1. The molecule has 0 fully saturated rings. The Labute approximate surface area is 166 Å². The quantitative estimate of drug-likeness (QED) is 0.493. The smallest absolute Gasteiger partial charge is 0.265 e. The van der Waals surface area contributed by atoms with E-state index in [1.165, 1.54) is 30.2 Å². The molecule has 1 heterocycles. The average Bonchev–Trinajstić information content (AvgIpc) is 3.12. The number of hydrogen-bond donors (Lipinski definition) is 3. The first-order valence-electron chi connectivity index (χ1n) is 8.23. The van der Waals surface area contributed by atoms with Crippen molar-refractivity contribution in [2.24, 2.45) is 0 Å². The summed E-state index contributed by atoms with van der Waals surface area (Å²) in [6.07, 6.45) is 1.94. The summed E-state index contributed by atoms with van der Waals surface area (Å²) >= 11 is 2.86. The molecule has 0 radical (unpaired) electrons. The van der Waals surface area contributed by atoms with Gasteiger partial charge in [0, 0.05) is 35.8 Å². The highest BCUT2D eigenvalue weighted by atomic mass is 32.2. The van der Waals surface area contributed by atoms with Crippen molar-refractivity contribution in [3.8, 4) is 11.1 Å². The SMILES string of the molecule is CSNc1cccc(NC(=O)c2cc(-c3ccccc3NC(C)=O)cs2)c1. The van der Waals surface area contributed by atoms with Crippen LogP contribution in [0.4, 0.5) is 17.1 Å². The van der Waals surface area contributed by atoms with Crippen LogP contribution in [0.15, 0.2) is 60.0 Å². The largest absolute Gasteiger partial charge is 0.330 e. The first kappa shape index (κ1) is 19.0. The van der Waals surface area contributed by atoms with Crippen molar-refractivity contribution in [2.45, 2.75) is 6.92 Å². The third-order valence-electron chi connectivity index (χ3n) is 3.71. The maximum atomic E-state index is 12.6. The molecule has 0 spiro atoms. The predicted octanol–water partition coefficient (Wildman–Crippen LogP) is 5.32. The minimum absolute atomic E-state index is 0.130. The minimum atomic E-state index is -0.162. The van der Waals surface area contributed by atoms with Crippen molar-refractivity contribution in [3.63, 3.8) is 0 Å². The summed E-state index contributed by atoms with van der Waals surface area (Å²) in [5.74, 6) is -0.293. The van der Waals surface area contributed by atoms with E-state index in [2.05, 4.69) is 15.4 Å². The van der Waals surface area contributed by atoms with Crippen LogP contribution in [-0.2, 0) is 4.79 Å². The van der Waals surface area contributed by atoms with Gasteiger partial charge < -0.3 is 15.4 Å². The normalized spacial score (nSPS) is 10.3. The Kier molecular flexibility index (Phi) is 6.16. The second-order valence-electron chi connectivity index (χ2n) is 5.77. The van der Waals surface area contributed by atoms with E-state index < -0.39 is 0 Å². The molecule has 0 aliphatic carbocycles. The summed E-state index contributed by atoms with van der Waals surface area (Å²) in [4.78, 5) is 24.6. The average molecular weight is 398 g/mol. The van der Waals surface area contributed by atoms with E-state index in [0.29, 0.717) is 4.88 Å². The first-order valence-corrected chi connectivity index (χ1v) is 10.3. The lowest BCUT2D eigenvalue weighted by molar-refractivity contribution is -0.114. The second kappa shape index (κ2) is 8.75. The van der Waals surface area contributed by atoms with Gasteiger partial charge >= 0.3 is 0 Å². The molecule has 3 aromatic rings. The van der Waals surface area contributed by atoms with E-state index in [9.17, 15) is 9.59 Å². The molecule has 0 aliphatic rings. The highest BCUT2D eigenvalue weighted by Gasteiger charge is 2.13. The molecule has 138 valence electrons. The van der Waals surface area contributed by atoms with E-state index in [4.69, 9.17) is 0 Å². The van der Waals surface area contributed by atoms with Crippen LogP contribution in [-0.4, -0.2) is 18.1 Å². The van der Waals surface area contributed by atoms with Gasteiger partial charge in [-0.3, -0.25) is 9.59 Å².